The second kappa shape index (κ2) is 13.9. The van der Waals surface area contributed by atoms with E-state index in [1.807, 2.05) is 4.90 Å². The van der Waals surface area contributed by atoms with Gasteiger partial charge in [-0.05, 0) is 6.42 Å². The number of carboxylic acid groups (broad SMARTS) is 1. The molecule has 5 heterocycles. The first-order valence-electron chi connectivity index (χ1n) is 14.1. The Morgan fingerprint density at radius 1 is 1.09 bits per heavy atom. The monoisotopic (exact) mass is 652 g/mol. The topological polar surface area (TPSA) is 296 Å². The third-order valence-electron chi connectivity index (χ3n) is 7.82. The minimum absolute atomic E-state index is 0.00419. The van der Waals surface area contributed by atoms with Crippen LogP contribution < -0.4 is 22.9 Å². The summed E-state index contributed by atoms with van der Waals surface area (Å²) in [6, 6.07) is -1.12. The molecular weight excluding hydrogens is 616 g/mol. The molecule has 3 aromatic rings. The van der Waals surface area contributed by atoms with Crippen molar-refractivity contribution in [1.29, 1.82) is 0 Å². The zero-order chi connectivity index (χ0) is 32.4. The fourth-order valence-corrected chi connectivity index (χ4v) is 6.23. The van der Waals surface area contributed by atoms with Crippen LogP contribution in [0.2, 0.25) is 0 Å². The van der Waals surface area contributed by atoms with Crippen LogP contribution in [0.5, 0.6) is 0 Å². The van der Waals surface area contributed by atoms with Crippen LogP contribution in [-0.2, 0) is 14.3 Å². The first kappa shape index (κ1) is 32.9. The number of nitrogens with zero attached hydrogens (tertiary/aromatic N) is 7. The highest BCUT2D eigenvalue weighted by Gasteiger charge is 2.45. The van der Waals surface area contributed by atoms with Gasteiger partial charge in [-0.15, -0.1) is 11.8 Å². The molecule has 0 amide bonds. The van der Waals surface area contributed by atoms with E-state index < -0.39 is 67.3 Å². The number of aromatic nitrogens is 6. The Labute approximate surface area is 259 Å². The van der Waals surface area contributed by atoms with Gasteiger partial charge in [0.15, 0.2) is 17.7 Å². The summed E-state index contributed by atoms with van der Waals surface area (Å²) < 4.78 is 14.3. The van der Waals surface area contributed by atoms with Crippen molar-refractivity contribution in [3.05, 3.63) is 29.3 Å². The molecule has 0 radical (unpaired) electrons. The van der Waals surface area contributed by atoms with Gasteiger partial charge in [-0.3, -0.25) is 18.8 Å². The van der Waals surface area contributed by atoms with E-state index in [-0.39, 0.29) is 37.6 Å². The number of carbonyl (C=O) groups is 1. The molecule has 0 saturated carbocycles. The largest absolute Gasteiger partial charge is 0.480 e. The summed E-state index contributed by atoms with van der Waals surface area (Å²) in [7, 11) is 0. The molecule has 0 bridgehead atoms. The number of hydrogen-bond acceptors (Lipinski definition) is 17. The second-order valence-electron chi connectivity index (χ2n) is 10.8. The quantitative estimate of drug-likeness (QED) is 0.0839. The molecular formula is C25H36N10O9S. The molecule has 2 fully saturated rings. The molecule has 3 aromatic heterocycles. The van der Waals surface area contributed by atoms with Crippen LogP contribution in [0.4, 0.5) is 11.6 Å². The summed E-state index contributed by atoms with van der Waals surface area (Å²) in [4.78, 5) is 42.3. The molecule has 5 rings (SSSR count). The highest BCUT2D eigenvalue weighted by molar-refractivity contribution is 7.99. The maximum absolute atomic E-state index is 12.5. The van der Waals surface area contributed by atoms with Crippen LogP contribution in [0.1, 0.15) is 25.3 Å². The van der Waals surface area contributed by atoms with E-state index >= 15 is 0 Å². The van der Waals surface area contributed by atoms with E-state index in [0.29, 0.717) is 28.4 Å². The number of nitrogens with two attached hydrogens (primary N) is 3. The predicted octanol–water partition coefficient (Wildman–Crippen LogP) is -3.30. The van der Waals surface area contributed by atoms with Crippen LogP contribution in [-0.4, -0.2) is 134 Å². The number of ether oxygens (including phenoxy) is 2. The van der Waals surface area contributed by atoms with Crippen LogP contribution in [0.15, 0.2) is 28.5 Å². The number of anilines is 2. The molecule has 2 aliphatic heterocycles. The minimum Gasteiger partial charge on any atom is -0.480 e. The van der Waals surface area contributed by atoms with E-state index in [2.05, 4.69) is 19.9 Å². The first-order valence-corrected chi connectivity index (χ1v) is 15.1. The highest BCUT2D eigenvalue weighted by Crippen LogP contribution is 2.33. The number of fused-ring (bicyclic) bond motifs is 1. The zero-order valence-electron chi connectivity index (χ0n) is 23.9. The van der Waals surface area contributed by atoms with Gasteiger partial charge in [0.2, 0.25) is 0 Å². The van der Waals surface area contributed by atoms with E-state index in [1.165, 1.54) is 39.7 Å². The number of imidazole rings is 1. The summed E-state index contributed by atoms with van der Waals surface area (Å²) in [5.41, 5.74) is 17.6. The second-order valence-corrected chi connectivity index (χ2v) is 11.9. The first-order chi connectivity index (χ1) is 21.5. The van der Waals surface area contributed by atoms with Crippen LogP contribution in [0.25, 0.3) is 11.2 Å². The number of nitrogen functional groups attached to an aromatic ring is 2. The number of carboxylic acids is 1. The van der Waals surface area contributed by atoms with Gasteiger partial charge in [-0.1, -0.05) is 0 Å². The number of aliphatic hydroxyl groups is 4. The lowest BCUT2D eigenvalue weighted by atomic mass is 10.1. The molecule has 0 aromatic carbocycles. The minimum atomic E-state index is -1.34. The summed E-state index contributed by atoms with van der Waals surface area (Å²) >= 11 is 1.27. The smallest absolute Gasteiger partial charge is 0.351 e. The van der Waals surface area contributed by atoms with Crippen molar-refractivity contribution in [2.24, 2.45) is 5.73 Å². The summed E-state index contributed by atoms with van der Waals surface area (Å²) in [6.45, 7) is 0.264. The third-order valence-corrected chi connectivity index (χ3v) is 8.83. The van der Waals surface area contributed by atoms with Gasteiger partial charge in [0.1, 0.15) is 54.3 Å². The molecule has 19 nitrogen and oxygen atoms in total. The molecule has 20 heteroatoms. The van der Waals surface area contributed by atoms with Crippen LogP contribution in [0.3, 0.4) is 0 Å². The lowest BCUT2D eigenvalue weighted by Crippen LogP contribution is -2.43. The summed E-state index contributed by atoms with van der Waals surface area (Å²) in [6.07, 6.45) is -2.86. The Morgan fingerprint density at radius 2 is 1.87 bits per heavy atom. The molecule has 2 saturated heterocycles. The summed E-state index contributed by atoms with van der Waals surface area (Å²) in [5, 5.41) is 50.5. The van der Waals surface area contributed by atoms with E-state index in [1.54, 1.807) is 0 Å². The number of rotatable bonds is 13. The lowest BCUT2D eigenvalue weighted by Gasteiger charge is -2.27. The van der Waals surface area contributed by atoms with Gasteiger partial charge in [-0.2, -0.15) is 4.98 Å². The van der Waals surface area contributed by atoms with E-state index in [4.69, 9.17) is 26.7 Å². The fourth-order valence-electron chi connectivity index (χ4n) is 5.28. The van der Waals surface area contributed by atoms with Crippen molar-refractivity contribution < 1.29 is 39.8 Å². The van der Waals surface area contributed by atoms with Crippen LogP contribution >= 0.6 is 11.8 Å². The number of thioether (sulfide) groups is 1. The SMILES string of the molecule is Nc1nc(=O)n([C@@H]2C[C@H](O)[C@@H](CO)O2)cc1SCCN(CC[C@H](N)C(=O)O)C[C@H]1O[C@@H](n2cnc3c(N)ncnc32)[C@H](O)[C@@H]1O. The third kappa shape index (κ3) is 7.03. The average Bonchev–Trinajstić information content (AvgIpc) is 3.68. The Hall–Kier alpha value is -3.47. The van der Waals surface area contributed by atoms with Gasteiger partial charge >= 0.3 is 11.7 Å². The Balaban J connectivity index is 1.27. The van der Waals surface area contributed by atoms with E-state index in [9.17, 15) is 35.1 Å². The average molecular weight is 653 g/mol. The number of aliphatic hydroxyl groups excluding tert-OH is 4. The standard InChI is InChI=1S/C25H36N10O9S/c26-11(24(40)41)1-2-33(3-4-45-15-7-34(25(42)32-20(15)27)16-5-12(37)14(8-36)43-16)6-13-18(38)19(39)23(44-13)35-10-31-17-21(28)29-9-30-22(17)35/h7,9-14,16,18-19,23,36-39H,1-6,8,26H2,(H,40,41)(H2,27,32,42)(H2,28,29,30)/t11-,12-,13+,14+,16-,18+,19+,23+/m0/s1. The molecule has 0 unspecified atom stereocenters. The van der Waals surface area contributed by atoms with Crippen molar-refractivity contribution in [3.63, 3.8) is 0 Å². The molecule has 0 aliphatic carbocycles. The molecule has 0 spiro atoms. The fraction of sp³-hybridized carbons (Fsp3) is 0.600. The van der Waals surface area contributed by atoms with Crippen molar-refractivity contribution in [2.45, 2.75) is 66.8 Å². The predicted molar refractivity (Wildman–Crippen MR) is 158 cm³/mol. The van der Waals surface area contributed by atoms with Gasteiger partial charge in [-0.25, -0.2) is 19.7 Å². The maximum atomic E-state index is 12.5. The molecule has 246 valence electrons. The van der Waals surface area contributed by atoms with E-state index in [0.717, 1.165) is 0 Å². The van der Waals surface area contributed by atoms with Crippen LogP contribution in [0, 0.1) is 0 Å². The molecule has 45 heavy (non-hydrogen) atoms. The molecule has 2 aliphatic rings. The number of hydrogen-bond donors (Lipinski definition) is 8. The van der Waals surface area contributed by atoms with Crippen molar-refractivity contribution in [1.82, 2.24) is 34.0 Å². The Kier molecular flexibility index (Phi) is 10.2. The summed E-state index contributed by atoms with van der Waals surface area (Å²) in [5.74, 6) is -0.628. The zero-order valence-corrected chi connectivity index (χ0v) is 24.8. The van der Waals surface area contributed by atoms with Crippen molar-refractivity contribution >= 4 is 40.5 Å². The lowest BCUT2D eigenvalue weighted by molar-refractivity contribution is -0.138. The molecule has 11 N–H and O–H groups in total. The number of aliphatic carboxylic acids is 1. The van der Waals surface area contributed by atoms with Gasteiger partial charge in [0, 0.05) is 38.0 Å². The Morgan fingerprint density at radius 3 is 2.58 bits per heavy atom. The normalized spacial score (nSPS) is 27.5. The van der Waals surface area contributed by atoms with Gasteiger partial charge in [0.25, 0.3) is 0 Å². The van der Waals surface area contributed by atoms with Gasteiger partial charge in [0.05, 0.1) is 23.9 Å². The highest BCUT2D eigenvalue weighted by atomic mass is 32.2. The maximum Gasteiger partial charge on any atom is 0.351 e. The Bertz CT molecular complexity index is 1560. The van der Waals surface area contributed by atoms with Crippen molar-refractivity contribution in [3.8, 4) is 0 Å². The van der Waals surface area contributed by atoms with Gasteiger partial charge < -0.3 is 52.2 Å². The van der Waals surface area contributed by atoms with Crippen molar-refractivity contribution in [2.75, 3.05) is 43.5 Å². The molecule has 8 atom stereocenters.